The van der Waals surface area contributed by atoms with Crippen LogP contribution in [0, 0.1) is 0 Å². The summed E-state index contributed by atoms with van der Waals surface area (Å²) in [4.78, 5) is 20.8. The molecule has 9 heteroatoms. The van der Waals surface area contributed by atoms with Crippen molar-refractivity contribution in [3.8, 4) is 5.75 Å². The van der Waals surface area contributed by atoms with E-state index in [1.807, 2.05) is 12.1 Å². The van der Waals surface area contributed by atoms with Gasteiger partial charge in [-0.25, -0.2) is 14.5 Å². The summed E-state index contributed by atoms with van der Waals surface area (Å²) in [5.74, 6) is -0.0376. The molecule has 0 unspecified atom stereocenters. The van der Waals surface area contributed by atoms with Gasteiger partial charge in [-0.05, 0) is 29.8 Å². The zero-order valence-corrected chi connectivity index (χ0v) is 12.7. The quantitative estimate of drug-likeness (QED) is 0.567. The van der Waals surface area contributed by atoms with E-state index in [0.29, 0.717) is 23.1 Å². The maximum Gasteiger partial charge on any atom is 0.387 e. The van der Waals surface area contributed by atoms with E-state index in [4.69, 9.17) is 0 Å². The summed E-state index contributed by atoms with van der Waals surface area (Å²) in [6.45, 7) is -2.62. The van der Waals surface area contributed by atoms with Gasteiger partial charge in [0.05, 0.1) is 23.8 Å². The molecular weight excluding hydrogens is 332 g/mol. The lowest BCUT2D eigenvalue weighted by atomic mass is 10.2. The first-order valence-electron chi connectivity index (χ1n) is 7.32. The normalized spacial score (nSPS) is 11.5. The fourth-order valence-electron chi connectivity index (χ4n) is 2.58. The van der Waals surface area contributed by atoms with E-state index in [1.165, 1.54) is 35.4 Å². The molecule has 25 heavy (non-hydrogen) atoms. The molecule has 3 heterocycles. The largest absolute Gasteiger partial charge is 0.435 e. The second kappa shape index (κ2) is 5.93. The van der Waals surface area contributed by atoms with E-state index in [-0.39, 0.29) is 11.3 Å². The third kappa shape index (κ3) is 2.91. The van der Waals surface area contributed by atoms with Gasteiger partial charge in [-0.15, -0.1) is 0 Å². The van der Waals surface area contributed by atoms with E-state index in [9.17, 15) is 13.6 Å². The molecule has 7 nitrogen and oxygen atoms in total. The second-order valence-corrected chi connectivity index (χ2v) is 5.33. The van der Waals surface area contributed by atoms with E-state index >= 15 is 0 Å². The summed E-state index contributed by atoms with van der Waals surface area (Å²) in [5.41, 5.74) is 1.57. The Hall–Kier alpha value is -3.36. The van der Waals surface area contributed by atoms with Gasteiger partial charge in [0.2, 0.25) is 0 Å². The van der Waals surface area contributed by atoms with Crippen LogP contribution in [0.5, 0.6) is 5.75 Å². The van der Waals surface area contributed by atoms with E-state index in [1.54, 1.807) is 10.7 Å². The fraction of sp³-hybridized carbons (Fsp3) is 0.125. The van der Waals surface area contributed by atoms with E-state index in [0.717, 1.165) is 5.56 Å². The van der Waals surface area contributed by atoms with Gasteiger partial charge >= 0.3 is 6.61 Å². The number of hydrogen-bond acceptors (Lipinski definition) is 5. The Balaban J connectivity index is 1.70. The molecule has 0 atom stereocenters. The summed E-state index contributed by atoms with van der Waals surface area (Å²) >= 11 is 0. The van der Waals surface area contributed by atoms with Crippen molar-refractivity contribution >= 4 is 16.6 Å². The molecule has 126 valence electrons. The van der Waals surface area contributed by atoms with Crippen molar-refractivity contribution < 1.29 is 13.5 Å². The van der Waals surface area contributed by atoms with Crippen LogP contribution >= 0.6 is 0 Å². The monoisotopic (exact) mass is 343 g/mol. The van der Waals surface area contributed by atoms with Gasteiger partial charge in [-0.3, -0.25) is 9.36 Å². The van der Waals surface area contributed by atoms with Crippen molar-refractivity contribution in [3.63, 3.8) is 0 Å². The molecule has 0 saturated carbocycles. The highest BCUT2D eigenvalue weighted by atomic mass is 19.3. The van der Waals surface area contributed by atoms with Crippen molar-refractivity contribution in [2.75, 3.05) is 0 Å². The molecule has 0 aliphatic heterocycles. The zero-order chi connectivity index (χ0) is 17.4. The average molecular weight is 343 g/mol. The maximum atomic E-state index is 12.6. The summed E-state index contributed by atoms with van der Waals surface area (Å²) in [7, 11) is 0. The molecule has 0 amide bonds. The van der Waals surface area contributed by atoms with Gasteiger partial charge in [0.1, 0.15) is 12.1 Å². The van der Waals surface area contributed by atoms with Gasteiger partial charge in [-0.1, -0.05) is 0 Å². The predicted octanol–water partition coefficient (Wildman–Crippen LogP) is 2.09. The standard InChI is InChI=1S/C16H11F2N5O2/c17-16(18)25-11-1-2-12-13(6-11)20-9-22(15(12)24)7-10-3-4-23-14(5-10)19-8-21-23/h1-6,8-9,16H,7H2. The Kier molecular flexibility index (Phi) is 3.60. The molecule has 0 N–H and O–H groups in total. The number of halogens is 2. The number of aromatic nitrogens is 5. The van der Waals surface area contributed by atoms with Crippen LogP contribution in [0.4, 0.5) is 8.78 Å². The molecule has 0 saturated heterocycles. The highest BCUT2D eigenvalue weighted by Gasteiger charge is 2.09. The molecule has 0 bridgehead atoms. The van der Waals surface area contributed by atoms with Crippen molar-refractivity contribution in [1.29, 1.82) is 0 Å². The minimum atomic E-state index is -2.93. The van der Waals surface area contributed by atoms with E-state index in [2.05, 4.69) is 19.8 Å². The predicted molar refractivity (Wildman–Crippen MR) is 84.7 cm³/mol. The Labute approximate surface area is 139 Å². The van der Waals surface area contributed by atoms with Crippen molar-refractivity contribution in [1.82, 2.24) is 24.1 Å². The number of hydrogen-bond donors (Lipinski definition) is 0. The second-order valence-electron chi connectivity index (χ2n) is 5.33. The molecule has 0 aliphatic rings. The molecule has 0 aliphatic carbocycles. The maximum absolute atomic E-state index is 12.6. The smallest absolute Gasteiger partial charge is 0.387 e. The Morgan fingerprint density at radius 1 is 1.16 bits per heavy atom. The van der Waals surface area contributed by atoms with Gasteiger partial charge in [-0.2, -0.15) is 13.9 Å². The van der Waals surface area contributed by atoms with Gasteiger partial charge in [0.25, 0.3) is 5.56 Å². The van der Waals surface area contributed by atoms with Gasteiger partial charge in [0.15, 0.2) is 5.65 Å². The summed E-state index contributed by atoms with van der Waals surface area (Å²) in [5, 5.41) is 4.34. The fourth-order valence-corrected chi connectivity index (χ4v) is 2.58. The minimum Gasteiger partial charge on any atom is -0.435 e. The number of pyridine rings is 1. The Bertz CT molecular complexity index is 1120. The number of nitrogens with zero attached hydrogens (tertiary/aromatic N) is 5. The lowest BCUT2D eigenvalue weighted by Crippen LogP contribution is -2.21. The number of alkyl halides is 2. The van der Waals surface area contributed by atoms with Crippen LogP contribution < -0.4 is 10.3 Å². The highest BCUT2D eigenvalue weighted by Crippen LogP contribution is 2.18. The summed E-state index contributed by atoms with van der Waals surface area (Å²) in [6.07, 6.45) is 4.58. The third-order valence-corrected chi connectivity index (χ3v) is 3.72. The lowest BCUT2D eigenvalue weighted by Gasteiger charge is -2.08. The lowest BCUT2D eigenvalue weighted by molar-refractivity contribution is -0.0497. The van der Waals surface area contributed by atoms with Crippen LogP contribution in [-0.2, 0) is 6.54 Å². The molecule has 4 rings (SSSR count). The Morgan fingerprint density at radius 2 is 2.04 bits per heavy atom. The first-order valence-corrected chi connectivity index (χ1v) is 7.32. The summed E-state index contributed by atoms with van der Waals surface area (Å²) in [6, 6.07) is 7.72. The number of rotatable bonds is 4. The van der Waals surface area contributed by atoms with Gasteiger partial charge in [0, 0.05) is 12.3 Å². The molecule has 0 spiro atoms. The van der Waals surface area contributed by atoms with Crippen molar-refractivity contribution in [2.45, 2.75) is 13.2 Å². The Morgan fingerprint density at radius 3 is 2.88 bits per heavy atom. The summed E-state index contributed by atoms with van der Waals surface area (Å²) < 4.78 is 31.9. The molecule has 0 radical (unpaired) electrons. The molecule has 4 aromatic rings. The van der Waals surface area contributed by atoms with Crippen molar-refractivity contribution in [3.05, 3.63) is 65.1 Å². The van der Waals surface area contributed by atoms with Crippen LogP contribution in [0.15, 0.2) is 54.0 Å². The van der Waals surface area contributed by atoms with Crippen LogP contribution in [0.1, 0.15) is 5.56 Å². The molecule has 0 fully saturated rings. The minimum absolute atomic E-state index is 0.0376. The molecule has 3 aromatic heterocycles. The van der Waals surface area contributed by atoms with Crippen LogP contribution in [0.2, 0.25) is 0 Å². The zero-order valence-electron chi connectivity index (χ0n) is 12.7. The number of fused-ring (bicyclic) bond motifs is 2. The molecular formula is C16H11F2N5O2. The first kappa shape index (κ1) is 15.2. The van der Waals surface area contributed by atoms with E-state index < -0.39 is 6.61 Å². The SMILES string of the molecule is O=c1c2ccc(OC(F)F)cc2ncn1Cc1ccn2ncnc2c1. The first-order chi connectivity index (χ1) is 12.1. The highest BCUT2D eigenvalue weighted by molar-refractivity contribution is 5.78. The average Bonchev–Trinajstić information content (AvgIpc) is 3.04. The van der Waals surface area contributed by atoms with Crippen LogP contribution in [0.25, 0.3) is 16.6 Å². The number of ether oxygens (including phenoxy) is 1. The van der Waals surface area contributed by atoms with Gasteiger partial charge < -0.3 is 4.74 Å². The third-order valence-electron chi connectivity index (χ3n) is 3.72. The number of benzene rings is 1. The van der Waals surface area contributed by atoms with Crippen molar-refractivity contribution in [2.24, 2.45) is 0 Å². The van der Waals surface area contributed by atoms with Crippen LogP contribution in [0.3, 0.4) is 0 Å². The molecule has 1 aromatic carbocycles. The van der Waals surface area contributed by atoms with Crippen LogP contribution in [-0.4, -0.2) is 30.8 Å². The topological polar surface area (TPSA) is 74.3 Å².